The number of hydrogen-bond donors (Lipinski definition) is 0. The van der Waals surface area contributed by atoms with E-state index >= 15 is 0 Å². The quantitative estimate of drug-likeness (QED) is 0.0354. The number of carbonyl (C=O) groups excluding carboxylic acids is 1. The molecule has 6 nitrogen and oxygen atoms in total. The summed E-state index contributed by atoms with van der Waals surface area (Å²) in [7, 11) is 0. The number of esters is 1. The number of carbonyl (C=O) groups is 1. The van der Waals surface area contributed by atoms with Crippen LogP contribution in [0.15, 0.2) is 71.1 Å². The van der Waals surface area contributed by atoms with Gasteiger partial charge in [0.1, 0.15) is 22.8 Å². The summed E-state index contributed by atoms with van der Waals surface area (Å²) in [6.45, 7) is 5.93. The summed E-state index contributed by atoms with van der Waals surface area (Å²) >= 11 is 0. The van der Waals surface area contributed by atoms with Crippen molar-refractivity contribution in [1.82, 2.24) is 4.98 Å². The van der Waals surface area contributed by atoms with Crippen molar-refractivity contribution >= 4 is 17.1 Å². The molecule has 272 valence electrons. The molecule has 0 fully saturated rings. The molecule has 0 aliphatic rings. The van der Waals surface area contributed by atoms with Crippen molar-refractivity contribution < 1.29 is 23.4 Å². The number of ether oxygens (including phenoxy) is 3. The van der Waals surface area contributed by atoms with Crippen molar-refractivity contribution in [1.29, 1.82) is 0 Å². The van der Waals surface area contributed by atoms with Crippen molar-refractivity contribution in [3.8, 4) is 28.7 Å². The fourth-order valence-electron chi connectivity index (χ4n) is 6.20. The van der Waals surface area contributed by atoms with Gasteiger partial charge < -0.3 is 18.6 Å². The van der Waals surface area contributed by atoms with Gasteiger partial charge in [-0.05, 0) is 73.5 Å². The van der Waals surface area contributed by atoms with Crippen molar-refractivity contribution in [2.75, 3.05) is 13.2 Å². The van der Waals surface area contributed by atoms with E-state index in [1.165, 1.54) is 116 Å². The lowest BCUT2D eigenvalue weighted by molar-refractivity contribution is 0.0734. The van der Waals surface area contributed by atoms with Gasteiger partial charge in [0.25, 0.3) is 0 Å². The standard InChI is InChI=1S/C44H61NO5/c1-3-5-7-9-11-13-15-17-19-21-33-47-38-27-25-37(26-28-38)44(46)49-39-29-23-36(24-30-39)43-45-41-32-31-40(35-42(41)50-43)48-34-22-20-18-16-14-12-10-8-6-4-2/h23-32,35H,3-22,33-34H2,1-2H3. The maximum atomic E-state index is 12.8. The summed E-state index contributed by atoms with van der Waals surface area (Å²) in [6, 6.07) is 20.2. The Bertz CT molecular complexity index is 1480. The number of aromatic nitrogens is 1. The molecule has 6 heteroatoms. The molecule has 1 heterocycles. The molecule has 1 aromatic heterocycles. The molecule has 0 amide bonds. The van der Waals surface area contributed by atoms with E-state index in [0.717, 1.165) is 35.4 Å². The average molecular weight is 684 g/mol. The molecule has 3 aromatic carbocycles. The van der Waals surface area contributed by atoms with Crippen molar-refractivity contribution in [3.63, 3.8) is 0 Å². The maximum absolute atomic E-state index is 12.8. The van der Waals surface area contributed by atoms with Gasteiger partial charge in [0, 0.05) is 11.6 Å². The topological polar surface area (TPSA) is 70.8 Å². The second-order valence-electron chi connectivity index (χ2n) is 13.6. The molecule has 0 atom stereocenters. The van der Waals surface area contributed by atoms with Crippen LogP contribution in [-0.4, -0.2) is 24.2 Å². The third-order valence-electron chi connectivity index (χ3n) is 9.29. The first-order valence-corrected chi connectivity index (χ1v) is 19.7. The number of hydrogen-bond acceptors (Lipinski definition) is 6. The van der Waals surface area contributed by atoms with Crippen LogP contribution in [0.1, 0.15) is 153 Å². The molecule has 4 rings (SSSR count). The van der Waals surface area contributed by atoms with Gasteiger partial charge in [0.2, 0.25) is 5.89 Å². The number of rotatable bonds is 27. The van der Waals surface area contributed by atoms with Crippen LogP contribution >= 0.6 is 0 Å². The zero-order valence-electron chi connectivity index (χ0n) is 30.9. The van der Waals surface area contributed by atoms with Crippen LogP contribution in [0.4, 0.5) is 0 Å². The van der Waals surface area contributed by atoms with Gasteiger partial charge in [0.15, 0.2) is 5.58 Å². The van der Waals surface area contributed by atoms with E-state index in [1.807, 2.05) is 42.5 Å². The first kappa shape index (κ1) is 39.0. The van der Waals surface area contributed by atoms with Crippen LogP contribution < -0.4 is 14.2 Å². The largest absolute Gasteiger partial charge is 0.494 e. The molecule has 0 bridgehead atoms. The van der Waals surface area contributed by atoms with Crippen LogP contribution in [0.5, 0.6) is 17.2 Å². The van der Waals surface area contributed by atoms with Gasteiger partial charge >= 0.3 is 5.97 Å². The Labute approximate surface area is 301 Å². The average Bonchev–Trinajstić information content (AvgIpc) is 3.57. The predicted octanol–water partition coefficient (Wildman–Crippen LogP) is 13.3. The van der Waals surface area contributed by atoms with E-state index in [2.05, 4.69) is 18.8 Å². The third kappa shape index (κ3) is 14.6. The van der Waals surface area contributed by atoms with Gasteiger partial charge in [-0.2, -0.15) is 0 Å². The Hall–Kier alpha value is -3.80. The zero-order chi connectivity index (χ0) is 35.1. The number of nitrogens with zero attached hydrogens (tertiary/aromatic N) is 1. The fourth-order valence-corrected chi connectivity index (χ4v) is 6.20. The van der Waals surface area contributed by atoms with E-state index in [4.69, 9.17) is 18.6 Å². The first-order valence-electron chi connectivity index (χ1n) is 19.7. The van der Waals surface area contributed by atoms with E-state index in [9.17, 15) is 4.79 Å². The monoisotopic (exact) mass is 683 g/mol. The van der Waals surface area contributed by atoms with Crippen LogP contribution in [0.3, 0.4) is 0 Å². The van der Waals surface area contributed by atoms with E-state index < -0.39 is 5.97 Å². The minimum absolute atomic E-state index is 0.411. The third-order valence-corrected chi connectivity index (χ3v) is 9.29. The Morgan fingerprint density at radius 1 is 0.540 bits per heavy atom. The molecular formula is C44H61NO5. The number of fused-ring (bicyclic) bond motifs is 1. The highest BCUT2D eigenvalue weighted by Crippen LogP contribution is 2.29. The SMILES string of the molecule is CCCCCCCCCCCCOc1ccc(C(=O)Oc2ccc(-c3nc4ccc(OCCCCCCCCCCCC)cc4o3)cc2)cc1. The first-order chi connectivity index (χ1) is 24.7. The lowest BCUT2D eigenvalue weighted by Crippen LogP contribution is -2.08. The molecule has 0 radical (unpaired) electrons. The summed E-state index contributed by atoms with van der Waals surface area (Å²) < 4.78 is 23.6. The lowest BCUT2D eigenvalue weighted by atomic mass is 10.1. The lowest BCUT2D eigenvalue weighted by Gasteiger charge is -2.08. The predicted molar refractivity (Wildman–Crippen MR) is 206 cm³/mol. The molecule has 0 aliphatic heterocycles. The number of unbranched alkanes of at least 4 members (excludes halogenated alkanes) is 18. The van der Waals surface area contributed by atoms with E-state index in [0.29, 0.717) is 36.0 Å². The number of oxazole rings is 1. The van der Waals surface area contributed by atoms with Crippen LogP contribution in [0, 0.1) is 0 Å². The zero-order valence-corrected chi connectivity index (χ0v) is 30.9. The summed E-state index contributed by atoms with van der Waals surface area (Å²) in [5.74, 6) is 2.13. The van der Waals surface area contributed by atoms with Crippen molar-refractivity contribution in [2.45, 2.75) is 142 Å². The molecule has 0 saturated carbocycles. The minimum atomic E-state index is -0.411. The van der Waals surface area contributed by atoms with Gasteiger partial charge in [-0.15, -0.1) is 0 Å². The van der Waals surface area contributed by atoms with E-state index in [-0.39, 0.29) is 0 Å². The second-order valence-corrected chi connectivity index (χ2v) is 13.6. The second kappa shape index (κ2) is 23.6. The van der Waals surface area contributed by atoms with Crippen LogP contribution in [0.2, 0.25) is 0 Å². The normalized spacial score (nSPS) is 11.2. The highest BCUT2D eigenvalue weighted by atomic mass is 16.5. The molecule has 0 spiro atoms. The Balaban J connectivity index is 1.12. The smallest absolute Gasteiger partial charge is 0.343 e. The summed E-state index contributed by atoms with van der Waals surface area (Å²) in [6.07, 6.45) is 26.0. The van der Waals surface area contributed by atoms with Crippen molar-refractivity contribution in [3.05, 3.63) is 72.3 Å². The Morgan fingerprint density at radius 3 is 1.54 bits per heavy atom. The summed E-state index contributed by atoms with van der Waals surface area (Å²) in [4.78, 5) is 17.4. The van der Waals surface area contributed by atoms with Gasteiger partial charge in [-0.1, -0.05) is 129 Å². The maximum Gasteiger partial charge on any atom is 0.343 e. The molecule has 0 unspecified atom stereocenters. The molecule has 0 aliphatic carbocycles. The highest BCUT2D eigenvalue weighted by Gasteiger charge is 2.12. The fraction of sp³-hybridized carbons (Fsp3) is 0.545. The number of benzene rings is 3. The molecule has 4 aromatic rings. The molecule has 0 saturated heterocycles. The van der Waals surface area contributed by atoms with Gasteiger partial charge in [-0.3, -0.25) is 0 Å². The van der Waals surface area contributed by atoms with E-state index in [1.54, 1.807) is 24.3 Å². The van der Waals surface area contributed by atoms with Crippen molar-refractivity contribution in [2.24, 2.45) is 0 Å². The van der Waals surface area contributed by atoms with Crippen LogP contribution in [0.25, 0.3) is 22.6 Å². The minimum Gasteiger partial charge on any atom is -0.494 e. The summed E-state index contributed by atoms with van der Waals surface area (Å²) in [5, 5.41) is 0. The summed E-state index contributed by atoms with van der Waals surface area (Å²) in [5.41, 5.74) is 2.74. The van der Waals surface area contributed by atoms with Crippen LogP contribution in [-0.2, 0) is 0 Å². The Kier molecular flexibility index (Phi) is 18.4. The molecular weight excluding hydrogens is 622 g/mol. The van der Waals surface area contributed by atoms with Gasteiger partial charge in [-0.25, -0.2) is 9.78 Å². The molecule has 50 heavy (non-hydrogen) atoms. The Morgan fingerprint density at radius 2 is 1.00 bits per heavy atom. The highest BCUT2D eigenvalue weighted by molar-refractivity contribution is 5.91. The van der Waals surface area contributed by atoms with Gasteiger partial charge in [0.05, 0.1) is 18.8 Å². The molecule has 0 N–H and O–H groups in total.